The second-order valence-electron chi connectivity index (χ2n) is 6.47. The lowest BCUT2D eigenvalue weighted by Gasteiger charge is -2.21. The van der Waals surface area contributed by atoms with Crippen molar-refractivity contribution in [3.05, 3.63) is 53.1 Å². The average molecular weight is 385 g/mol. The second kappa shape index (κ2) is 8.65. The Bertz CT molecular complexity index is 879. The van der Waals surface area contributed by atoms with Crippen molar-refractivity contribution >= 4 is 11.9 Å². The SMILES string of the molecule is COc1ccc(C)cc1C(=O)OCC(=O)N[C@@H](C)c1ccc2c(c1)OCCO2. The number of amides is 1. The largest absolute Gasteiger partial charge is 0.496 e. The number of ether oxygens (including phenoxy) is 4. The monoisotopic (exact) mass is 385 g/mol. The van der Waals surface area contributed by atoms with E-state index in [-0.39, 0.29) is 18.2 Å². The van der Waals surface area contributed by atoms with E-state index >= 15 is 0 Å². The number of fused-ring (bicyclic) bond motifs is 1. The normalized spacial score (nSPS) is 13.4. The molecule has 0 bridgehead atoms. The molecule has 2 aromatic carbocycles. The molecule has 0 saturated carbocycles. The van der Waals surface area contributed by atoms with Gasteiger partial charge in [0.25, 0.3) is 5.91 Å². The fourth-order valence-electron chi connectivity index (χ4n) is 2.89. The number of rotatable bonds is 6. The fraction of sp³-hybridized carbons (Fsp3) is 0.333. The number of benzene rings is 2. The van der Waals surface area contributed by atoms with Crippen molar-refractivity contribution in [1.82, 2.24) is 5.32 Å². The molecule has 0 aromatic heterocycles. The first-order valence-corrected chi connectivity index (χ1v) is 8.98. The molecule has 7 heteroatoms. The van der Waals surface area contributed by atoms with E-state index in [0.717, 1.165) is 11.1 Å². The van der Waals surface area contributed by atoms with E-state index in [0.29, 0.717) is 30.5 Å². The maximum atomic E-state index is 12.3. The average Bonchev–Trinajstić information content (AvgIpc) is 2.71. The van der Waals surface area contributed by atoms with Gasteiger partial charge in [0.15, 0.2) is 18.1 Å². The molecule has 0 spiro atoms. The summed E-state index contributed by atoms with van der Waals surface area (Å²) in [6.45, 7) is 4.34. The maximum absolute atomic E-state index is 12.3. The lowest BCUT2D eigenvalue weighted by Crippen LogP contribution is -2.31. The number of nitrogens with one attached hydrogen (secondary N) is 1. The smallest absolute Gasteiger partial charge is 0.342 e. The van der Waals surface area contributed by atoms with Gasteiger partial charge in [-0.3, -0.25) is 4.79 Å². The highest BCUT2D eigenvalue weighted by Gasteiger charge is 2.18. The molecule has 148 valence electrons. The van der Waals surface area contributed by atoms with Crippen molar-refractivity contribution in [3.63, 3.8) is 0 Å². The lowest BCUT2D eigenvalue weighted by atomic mass is 10.1. The molecule has 1 aliphatic heterocycles. The summed E-state index contributed by atoms with van der Waals surface area (Å²) in [4.78, 5) is 24.5. The predicted octanol–water partition coefficient (Wildman–Crippen LogP) is 2.81. The van der Waals surface area contributed by atoms with Crippen LogP contribution in [0.1, 0.15) is 34.5 Å². The first kappa shape index (κ1) is 19.5. The summed E-state index contributed by atoms with van der Waals surface area (Å²) in [5.74, 6) is 0.739. The van der Waals surface area contributed by atoms with Gasteiger partial charge in [0, 0.05) is 0 Å². The van der Waals surface area contributed by atoms with Gasteiger partial charge in [-0.1, -0.05) is 17.7 Å². The number of esters is 1. The Balaban J connectivity index is 1.57. The van der Waals surface area contributed by atoms with Gasteiger partial charge < -0.3 is 24.3 Å². The summed E-state index contributed by atoms with van der Waals surface area (Å²) in [5.41, 5.74) is 2.05. The molecule has 1 aliphatic rings. The highest BCUT2D eigenvalue weighted by atomic mass is 16.6. The zero-order valence-electron chi connectivity index (χ0n) is 16.1. The summed E-state index contributed by atoms with van der Waals surface area (Å²) >= 11 is 0. The van der Waals surface area contributed by atoms with E-state index in [1.807, 2.05) is 38.1 Å². The molecule has 3 rings (SSSR count). The molecule has 1 N–H and O–H groups in total. The molecule has 28 heavy (non-hydrogen) atoms. The van der Waals surface area contributed by atoms with Crippen LogP contribution in [-0.2, 0) is 9.53 Å². The summed E-state index contributed by atoms with van der Waals surface area (Å²) in [6.07, 6.45) is 0. The van der Waals surface area contributed by atoms with Crippen LogP contribution in [-0.4, -0.2) is 38.8 Å². The lowest BCUT2D eigenvalue weighted by molar-refractivity contribution is -0.124. The van der Waals surface area contributed by atoms with E-state index < -0.39 is 11.9 Å². The highest BCUT2D eigenvalue weighted by Crippen LogP contribution is 2.32. The van der Waals surface area contributed by atoms with Gasteiger partial charge in [-0.2, -0.15) is 0 Å². The van der Waals surface area contributed by atoms with Crippen molar-refractivity contribution < 1.29 is 28.5 Å². The Morgan fingerprint density at radius 3 is 2.61 bits per heavy atom. The van der Waals surface area contributed by atoms with Crippen molar-refractivity contribution in [1.29, 1.82) is 0 Å². The quantitative estimate of drug-likeness (QED) is 0.770. The minimum atomic E-state index is -0.609. The van der Waals surface area contributed by atoms with Crippen LogP contribution in [0.25, 0.3) is 0 Å². The van der Waals surface area contributed by atoms with Crippen molar-refractivity contribution in [2.75, 3.05) is 26.9 Å². The zero-order chi connectivity index (χ0) is 20.1. The molecule has 0 radical (unpaired) electrons. The van der Waals surface area contributed by atoms with Gasteiger partial charge in [0.1, 0.15) is 24.5 Å². The van der Waals surface area contributed by atoms with Crippen LogP contribution >= 0.6 is 0 Å². The van der Waals surface area contributed by atoms with Gasteiger partial charge >= 0.3 is 5.97 Å². The van der Waals surface area contributed by atoms with Crippen molar-refractivity contribution in [3.8, 4) is 17.2 Å². The molecular weight excluding hydrogens is 362 g/mol. The summed E-state index contributed by atoms with van der Waals surface area (Å²) in [5, 5.41) is 2.81. The maximum Gasteiger partial charge on any atom is 0.342 e. The Morgan fingerprint density at radius 2 is 1.86 bits per heavy atom. The number of hydrogen-bond acceptors (Lipinski definition) is 6. The van der Waals surface area contributed by atoms with E-state index in [4.69, 9.17) is 18.9 Å². The molecule has 0 aliphatic carbocycles. The van der Waals surface area contributed by atoms with E-state index in [1.54, 1.807) is 12.1 Å². The number of carbonyl (C=O) groups excluding carboxylic acids is 2. The topological polar surface area (TPSA) is 83.1 Å². The van der Waals surface area contributed by atoms with Crippen LogP contribution in [0.2, 0.25) is 0 Å². The van der Waals surface area contributed by atoms with Gasteiger partial charge in [0.05, 0.1) is 13.2 Å². The summed E-state index contributed by atoms with van der Waals surface area (Å²) < 4.78 is 21.4. The first-order valence-electron chi connectivity index (χ1n) is 8.98. The summed E-state index contributed by atoms with van der Waals surface area (Å²) in [7, 11) is 1.48. The van der Waals surface area contributed by atoms with Gasteiger partial charge in [0.2, 0.25) is 0 Å². The minimum absolute atomic E-state index is 0.282. The van der Waals surface area contributed by atoms with Gasteiger partial charge in [-0.25, -0.2) is 4.79 Å². The third-order valence-electron chi connectivity index (χ3n) is 4.35. The van der Waals surface area contributed by atoms with E-state index in [1.165, 1.54) is 7.11 Å². The van der Waals surface area contributed by atoms with Crippen molar-refractivity contribution in [2.24, 2.45) is 0 Å². The number of methoxy groups -OCH3 is 1. The molecule has 0 fully saturated rings. The molecule has 1 heterocycles. The third-order valence-corrected chi connectivity index (χ3v) is 4.35. The van der Waals surface area contributed by atoms with Crippen molar-refractivity contribution in [2.45, 2.75) is 19.9 Å². The molecule has 7 nitrogen and oxygen atoms in total. The van der Waals surface area contributed by atoms with Crippen LogP contribution in [0.4, 0.5) is 0 Å². The van der Waals surface area contributed by atoms with Crippen LogP contribution in [0, 0.1) is 6.92 Å². The first-order chi connectivity index (χ1) is 13.5. The predicted molar refractivity (Wildman–Crippen MR) is 102 cm³/mol. The molecule has 0 saturated heterocycles. The number of carbonyl (C=O) groups is 2. The number of aryl methyl sites for hydroxylation is 1. The molecule has 2 aromatic rings. The molecule has 1 amide bonds. The molecule has 1 atom stereocenters. The van der Waals surface area contributed by atoms with E-state index in [9.17, 15) is 9.59 Å². The van der Waals surface area contributed by atoms with Crippen LogP contribution in [0.5, 0.6) is 17.2 Å². The zero-order valence-corrected chi connectivity index (χ0v) is 16.1. The Labute approximate surface area is 163 Å². The Morgan fingerprint density at radius 1 is 1.11 bits per heavy atom. The van der Waals surface area contributed by atoms with Gasteiger partial charge in [-0.05, 0) is 43.7 Å². The molecular formula is C21H23NO6. The highest BCUT2D eigenvalue weighted by molar-refractivity contribution is 5.94. The van der Waals surface area contributed by atoms with Crippen LogP contribution < -0.4 is 19.5 Å². The third kappa shape index (κ3) is 4.54. The summed E-state index contributed by atoms with van der Waals surface area (Å²) in [6, 6.07) is 10.4. The minimum Gasteiger partial charge on any atom is -0.496 e. The Kier molecular flexibility index (Phi) is 6.03. The standard InChI is InChI=1S/C21H23NO6/c1-13-4-6-17(25-3)16(10-13)21(24)28-12-20(23)22-14(2)15-5-7-18-19(11-15)27-9-8-26-18/h4-7,10-11,14H,8-9,12H2,1-3H3,(H,22,23)/t14-/m0/s1. The van der Waals surface area contributed by atoms with Gasteiger partial charge in [-0.15, -0.1) is 0 Å². The van der Waals surface area contributed by atoms with Crippen LogP contribution in [0.3, 0.4) is 0 Å². The van der Waals surface area contributed by atoms with Crippen LogP contribution in [0.15, 0.2) is 36.4 Å². The number of hydrogen-bond donors (Lipinski definition) is 1. The fourth-order valence-corrected chi connectivity index (χ4v) is 2.89. The Hall–Kier alpha value is -3.22. The molecule has 0 unspecified atom stereocenters. The second-order valence-corrected chi connectivity index (χ2v) is 6.47. The van der Waals surface area contributed by atoms with E-state index in [2.05, 4.69) is 5.32 Å².